The number of hydrogen-bond acceptors (Lipinski definition) is 5. The first-order chi connectivity index (χ1) is 14.7. The Hall–Kier alpha value is -1.57. The summed E-state index contributed by atoms with van der Waals surface area (Å²) in [6.07, 6.45) is 3.03. The summed E-state index contributed by atoms with van der Waals surface area (Å²) >= 11 is 0. The van der Waals surface area contributed by atoms with Gasteiger partial charge in [-0.3, -0.25) is 0 Å². The first-order valence-corrected chi connectivity index (χ1v) is 15.0. The van der Waals surface area contributed by atoms with Gasteiger partial charge in [0, 0.05) is 12.6 Å². The van der Waals surface area contributed by atoms with Gasteiger partial charge in [0.2, 0.25) is 0 Å². The molecule has 176 valence electrons. The van der Waals surface area contributed by atoms with Gasteiger partial charge in [0.25, 0.3) is 0 Å². The van der Waals surface area contributed by atoms with Crippen molar-refractivity contribution >= 4 is 14.4 Å². The molecule has 0 radical (unpaired) electrons. The molecule has 1 unspecified atom stereocenters. The number of carbonyl (C=O) groups is 1. The third kappa shape index (κ3) is 10.5. The van der Waals surface area contributed by atoms with Crippen LogP contribution in [0.4, 0.5) is 4.79 Å². The number of hydrogen-bond donors (Lipinski definition) is 0. The summed E-state index contributed by atoms with van der Waals surface area (Å²) in [5, 5.41) is 0. The molecule has 1 amide bonds. The average Bonchev–Trinajstić information content (AvgIpc) is 3.51. The Kier molecular flexibility index (Phi) is 10.3. The largest absolute Gasteiger partial charge is 0.491 e. The monoisotopic (exact) mass is 451 g/mol. The topological polar surface area (TPSA) is 57.2 Å². The molecule has 1 atom stereocenters. The van der Waals surface area contributed by atoms with Crippen LogP contribution >= 0.6 is 0 Å². The van der Waals surface area contributed by atoms with Crippen molar-refractivity contribution in [3.8, 4) is 5.75 Å². The van der Waals surface area contributed by atoms with E-state index < -0.39 is 8.32 Å². The van der Waals surface area contributed by atoms with Crippen LogP contribution in [0.3, 0.4) is 0 Å². The second-order valence-electron chi connectivity index (χ2n) is 9.52. The van der Waals surface area contributed by atoms with Gasteiger partial charge in [0.15, 0.2) is 8.32 Å². The van der Waals surface area contributed by atoms with Gasteiger partial charge in [-0.05, 0) is 83.3 Å². The maximum absolute atomic E-state index is 12.4. The first kappa shape index (κ1) is 25.7. The highest BCUT2D eigenvalue weighted by atomic mass is 28.4. The standard InChI is InChI=1S/C24H41NO5Si/c1-7-28-24(26)25(19(2)3)16-23(30-31(4,5)6)18-29-22-12-10-20(11-13-22)14-15-27-17-21-8-9-21/h10-13,19,21,23H,7-9,14-18H2,1-6H3. The number of ether oxygens (including phenoxy) is 3. The maximum atomic E-state index is 12.4. The van der Waals surface area contributed by atoms with Crippen LogP contribution in [0.15, 0.2) is 24.3 Å². The Morgan fingerprint density at radius 2 is 1.84 bits per heavy atom. The van der Waals surface area contributed by atoms with E-state index in [1.54, 1.807) is 4.90 Å². The van der Waals surface area contributed by atoms with Gasteiger partial charge in [-0.15, -0.1) is 0 Å². The van der Waals surface area contributed by atoms with Crippen molar-refractivity contribution in [2.75, 3.05) is 33.0 Å². The fourth-order valence-electron chi connectivity index (χ4n) is 3.21. The number of carbonyl (C=O) groups excluding carboxylic acids is 1. The van der Waals surface area contributed by atoms with Crippen molar-refractivity contribution in [2.24, 2.45) is 5.92 Å². The highest BCUT2D eigenvalue weighted by Crippen LogP contribution is 2.28. The van der Waals surface area contributed by atoms with Crippen molar-refractivity contribution in [3.63, 3.8) is 0 Å². The molecule has 1 aliphatic carbocycles. The minimum Gasteiger partial charge on any atom is -0.491 e. The number of nitrogens with zero attached hydrogens (tertiary/aromatic N) is 1. The van der Waals surface area contributed by atoms with Crippen LogP contribution < -0.4 is 4.74 Å². The molecule has 31 heavy (non-hydrogen) atoms. The number of rotatable bonds is 14. The third-order valence-corrected chi connectivity index (χ3v) is 6.03. The van der Waals surface area contributed by atoms with Gasteiger partial charge in [0.05, 0.1) is 25.9 Å². The molecule has 0 aromatic heterocycles. The maximum Gasteiger partial charge on any atom is 0.410 e. The van der Waals surface area contributed by atoms with E-state index in [2.05, 4.69) is 31.8 Å². The molecule has 0 spiro atoms. The molecular weight excluding hydrogens is 410 g/mol. The van der Waals surface area contributed by atoms with Crippen LogP contribution in [-0.2, 0) is 20.3 Å². The summed E-state index contributed by atoms with van der Waals surface area (Å²) in [6, 6.07) is 8.18. The summed E-state index contributed by atoms with van der Waals surface area (Å²) in [5.74, 6) is 1.61. The zero-order chi connectivity index (χ0) is 22.9. The van der Waals surface area contributed by atoms with Gasteiger partial charge in [-0.25, -0.2) is 4.79 Å². The Labute approximate surface area is 189 Å². The molecule has 2 rings (SSSR count). The van der Waals surface area contributed by atoms with Gasteiger partial charge in [-0.1, -0.05) is 12.1 Å². The minimum absolute atomic E-state index is 0.0215. The highest BCUT2D eigenvalue weighted by Gasteiger charge is 2.28. The summed E-state index contributed by atoms with van der Waals surface area (Å²) in [5.41, 5.74) is 1.24. The molecule has 1 aromatic carbocycles. The molecule has 0 heterocycles. The van der Waals surface area contributed by atoms with E-state index in [-0.39, 0.29) is 18.2 Å². The lowest BCUT2D eigenvalue weighted by Gasteiger charge is -2.33. The van der Waals surface area contributed by atoms with Crippen molar-refractivity contribution < 1.29 is 23.4 Å². The molecule has 6 nitrogen and oxygen atoms in total. The van der Waals surface area contributed by atoms with Gasteiger partial charge >= 0.3 is 6.09 Å². The molecule has 0 N–H and O–H groups in total. The van der Waals surface area contributed by atoms with Crippen LogP contribution in [0.5, 0.6) is 5.75 Å². The van der Waals surface area contributed by atoms with Gasteiger partial charge < -0.3 is 23.5 Å². The van der Waals surface area contributed by atoms with Crippen molar-refractivity contribution in [3.05, 3.63) is 29.8 Å². The van der Waals surface area contributed by atoms with E-state index in [9.17, 15) is 4.79 Å². The van der Waals surface area contributed by atoms with E-state index in [1.807, 2.05) is 32.9 Å². The van der Waals surface area contributed by atoms with Crippen molar-refractivity contribution in [1.82, 2.24) is 4.90 Å². The predicted octanol–water partition coefficient (Wildman–Crippen LogP) is 5.12. The lowest BCUT2D eigenvalue weighted by atomic mass is 10.1. The van der Waals surface area contributed by atoms with Crippen molar-refractivity contribution in [2.45, 2.75) is 71.8 Å². The predicted molar refractivity (Wildman–Crippen MR) is 126 cm³/mol. The van der Waals surface area contributed by atoms with Crippen LogP contribution in [0, 0.1) is 5.92 Å². The van der Waals surface area contributed by atoms with Gasteiger partial charge in [0.1, 0.15) is 12.4 Å². The summed E-state index contributed by atoms with van der Waals surface area (Å²) in [4.78, 5) is 14.1. The normalized spacial score (nSPS) is 15.1. The molecule has 1 aliphatic rings. The van der Waals surface area contributed by atoms with E-state index in [1.165, 1.54) is 18.4 Å². The molecular formula is C24H41NO5Si. The molecule has 7 heteroatoms. The average molecular weight is 452 g/mol. The van der Waals surface area contributed by atoms with Crippen LogP contribution in [-0.4, -0.2) is 64.4 Å². The molecule has 1 fully saturated rings. The van der Waals surface area contributed by atoms with Crippen LogP contribution in [0.1, 0.15) is 39.2 Å². The van der Waals surface area contributed by atoms with E-state index in [4.69, 9.17) is 18.6 Å². The number of benzene rings is 1. The van der Waals surface area contributed by atoms with Crippen LogP contribution in [0.2, 0.25) is 19.6 Å². The van der Waals surface area contributed by atoms with E-state index in [0.717, 1.165) is 31.3 Å². The minimum atomic E-state index is -1.82. The quantitative estimate of drug-likeness (QED) is 0.290. The molecule has 1 saturated carbocycles. The van der Waals surface area contributed by atoms with E-state index >= 15 is 0 Å². The van der Waals surface area contributed by atoms with Gasteiger partial charge in [-0.2, -0.15) is 0 Å². The second-order valence-corrected chi connectivity index (χ2v) is 14.0. The zero-order valence-electron chi connectivity index (χ0n) is 20.2. The Morgan fingerprint density at radius 3 is 2.39 bits per heavy atom. The SMILES string of the molecule is CCOC(=O)N(CC(COc1ccc(CCOCC2CC2)cc1)O[Si](C)(C)C)C(C)C. The third-order valence-electron chi connectivity index (χ3n) is 4.99. The first-order valence-electron chi connectivity index (χ1n) is 11.6. The van der Waals surface area contributed by atoms with E-state index in [0.29, 0.717) is 19.8 Å². The fourth-order valence-corrected chi connectivity index (χ4v) is 4.35. The van der Waals surface area contributed by atoms with Crippen molar-refractivity contribution in [1.29, 1.82) is 0 Å². The highest BCUT2D eigenvalue weighted by molar-refractivity contribution is 6.69. The zero-order valence-corrected chi connectivity index (χ0v) is 21.2. The Balaban J connectivity index is 1.88. The molecule has 1 aromatic rings. The summed E-state index contributed by atoms with van der Waals surface area (Å²) < 4.78 is 23.3. The van der Waals surface area contributed by atoms with Crippen LogP contribution in [0.25, 0.3) is 0 Å². The summed E-state index contributed by atoms with van der Waals surface area (Å²) in [7, 11) is -1.82. The molecule has 0 saturated heterocycles. The smallest absolute Gasteiger partial charge is 0.410 e. The lowest BCUT2D eigenvalue weighted by Crippen LogP contribution is -2.47. The lowest BCUT2D eigenvalue weighted by molar-refractivity contribution is 0.0519. The second kappa shape index (κ2) is 12.5. The fraction of sp³-hybridized carbons (Fsp3) is 0.708. The Morgan fingerprint density at radius 1 is 1.16 bits per heavy atom. The molecule has 0 bridgehead atoms. The number of amides is 1. The molecule has 0 aliphatic heterocycles. The Bertz CT molecular complexity index is 655. The summed E-state index contributed by atoms with van der Waals surface area (Å²) in [6.45, 7) is 15.1.